The fourth-order valence-corrected chi connectivity index (χ4v) is 5.28. The van der Waals surface area contributed by atoms with Gasteiger partial charge in [-0.15, -0.1) is 0 Å². The number of carbonyl (C=O) groups is 2. The molecule has 0 radical (unpaired) electrons. The topological polar surface area (TPSA) is 115 Å². The summed E-state index contributed by atoms with van der Waals surface area (Å²) >= 11 is 0. The third kappa shape index (κ3) is 6.19. The van der Waals surface area contributed by atoms with Crippen molar-refractivity contribution in [2.24, 2.45) is 0 Å². The van der Waals surface area contributed by atoms with Crippen molar-refractivity contribution < 1.29 is 14.7 Å². The Hall–Kier alpha value is -5.38. The predicted octanol–water partition coefficient (Wildman–Crippen LogP) is 6.49. The molecule has 1 saturated heterocycles. The number of amides is 2. The van der Waals surface area contributed by atoms with Crippen molar-refractivity contribution in [3.8, 4) is 11.3 Å². The van der Waals surface area contributed by atoms with E-state index in [0.717, 1.165) is 22.6 Å². The Bertz CT molecular complexity index is 1800. The van der Waals surface area contributed by atoms with Gasteiger partial charge in [-0.2, -0.15) is 0 Å². The van der Waals surface area contributed by atoms with Crippen LogP contribution in [0.3, 0.4) is 0 Å². The zero-order valence-corrected chi connectivity index (χ0v) is 25.0. The van der Waals surface area contributed by atoms with Gasteiger partial charge in [0.05, 0.1) is 5.69 Å². The van der Waals surface area contributed by atoms with E-state index in [1.165, 1.54) is 10.5 Å². The maximum atomic E-state index is 13.0. The van der Waals surface area contributed by atoms with E-state index in [0.29, 0.717) is 48.9 Å². The zero-order chi connectivity index (χ0) is 30.8. The Morgan fingerprint density at radius 2 is 1.61 bits per heavy atom. The van der Waals surface area contributed by atoms with E-state index < -0.39 is 6.09 Å². The monoisotopic (exact) mass is 589 g/mol. The van der Waals surface area contributed by atoms with Gasteiger partial charge in [0.25, 0.3) is 5.91 Å². The number of benzene rings is 3. The molecule has 1 aliphatic rings. The molecule has 1 fully saturated rings. The van der Waals surface area contributed by atoms with Gasteiger partial charge in [0.15, 0.2) is 11.5 Å². The van der Waals surface area contributed by atoms with Crippen LogP contribution >= 0.6 is 0 Å². The minimum atomic E-state index is -0.873. The number of nitrogens with zero attached hydrogens (tertiary/aromatic N) is 5. The predicted molar refractivity (Wildman–Crippen MR) is 173 cm³/mol. The van der Waals surface area contributed by atoms with Gasteiger partial charge in [-0.1, -0.05) is 45.0 Å². The van der Waals surface area contributed by atoms with E-state index in [4.69, 9.17) is 4.98 Å². The van der Waals surface area contributed by atoms with E-state index in [-0.39, 0.29) is 11.3 Å². The number of hydrogen-bond acceptors (Lipinski definition) is 6. The lowest BCUT2D eigenvalue weighted by atomic mass is 9.87. The molecule has 3 N–H and O–H groups in total. The van der Waals surface area contributed by atoms with Crippen LogP contribution in [0.5, 0.6) is 0 Å². The van der Waals surface area contributed by atoms with Gasteiger partial charge in [-0.25, -0.2) is 14.8 Å². The smallest absolute Gasteiger partial charge is 0.407 e. The Labute approximate surface area is 256 Å². The normalized spacial score (nSPS) is 13.6. The lowest BCUT2D eigenvalue weighted by molar-refractivity contribution is 0.102. The molecule has 224 valence electrons. The summed E-state index contributed by atoms with van der Waals surface area (Å²) in [6.07, 6.45) is 4.65. The fraction of sp³-hybridized carbons (Fsp3) is 0.235. The molecule has 0 unspecified atom stereocenters. The molecule has 0 aliphatic carbocycles. The average Bonchev–Trinajstić information content (AvgIpc) is 3.51. The highest BCUT2D eigenvalue weighted by Gasteiger charge is 2.21. The molecule has 5 aromatic rings. The molecule has 3 aromatic carbocycles. The summed E-state index contributed by atoms with van der Waals surface area (Å²) < 4.78 is 1.92. The summed E-state index contributed by atoms with van der Waals surface area (Å²) in [5.74, 6) is 0.430. The number of anilines is 4. The Morgan fingerprint density at radius 3 is 2.30 bits per heavy atom. The molecule has 6 rings (SSSR count). The summed E-state index contributed by atoms with van der Waals surface area (Å²) in [7, 11) is 0. The van der Waals surface area contributed by atoms with Crippen LogP contribution in [-0.2, 0) is 5.41 Å². The van der Waals surface area contributed by atoms with Crippen molar-refractivity contribution in [2.45, 2.75) is 26.2 Å². The summed E-state index contributed by atoms with van der Waals surface area (Å²) in [5.41, 5.74) is 6.61. The number of nitrogens with one attached hydrogen (secondary N) is 2. The van der Waals surface area contributed by atoms with Crippen LogP contribution in [0, 0.1) is 0 Å². The zero-order valence-electron chi connectivity index (χ0n) is 25.0. The minimum absolute atomic E-state index is 0.0186. The van der Waals surface area contributed by atoms with Crippen molar-refractivity contribution in [3.05, 3.63) is 103 Å². The average molecular weight is 590 g/mol. The van der Waals surface area contributed by atoms with Gasteiger partial charge in [0.2, 0.25) is 0 Å². The third-order valence-corrected chi connectivity index (χ3v) is 7.85. The minimum Gasteiger partial charge on any atom is -0.465 e. The van der Waals surface area contributed by atoms with E-state index in [1.807, 2.05) is 89.6 Å². The van der Waals surface area contributed by atoms with E-state index in [2.05, 4.69) is 41.3 Å². The van der Waals surface area contributed by atoms with E-state index >= 15 is 0 Å². The SMILES string of the molecule is CC(C)(C)c1ccc(C(=O)Nc2cccc(-c3cn4ccnc4c(Nc4ccc(N5CCN(C(=O)O)CC5)cc4)n3)c2)cc1. The van der Waals surface area contributed by atoms with Crippen molar-refractivity contribution in [2.75, 3.05) is 41.7 Å². The van der Waals surface area contributed by atoms with E-state index in [1.54, 1.807) is 6.20 Å². The molecule has 0 saturated carbocycles. The molecule has 0 atom stereocenters. The summed E-state index contributed by atoms with van der Waals surface area (Å²) in [6.45, 7) is 8.72. The second-order valence-corrected chi connectivity index (χ2v) is 11.9. The standard InChI is InChI=1S/C34H35N7O3/c1-34(2,3)25-9-7-23(8-10-25)32(42)37-27-6-4-5-24(21-27)29-22-41-16-15-35-31(41)30(38-29)36-26-11-13-28(14-12-26)39-17-19-40(20-18-39)33(43)44/h4-16,21-22H,17-20H2,1-3H3,(H,36,38)(H,37,42)(H,43,44). The molecule has 10 nitrogen and oxygen atoms in total. The number of carbonyl (C=O) groups excluding carboxylic acids is 1. The maximum absolute atomic E-state index is 13.0. The first-order valence-corrected chi connectivity index (χ1v) is 14.6. The first kappa shape index (κ1) is 28.7. The van der Waals surface area contributed by atoms with Crippen LogP contribution in [0.15, 0.2) is 91.4 Å². The summed E-state index contributed by atoms with van der Waals surface area (Å²) in [6, 6.07) is 23.4. The summed E-state index contributed by atoms with van der Waals surface area (Å²) in [4.78, 5) is 37.3. The van der Waals surface area contributed by atoms with E-state index in [9.17, 15) is 14.7 Å². The van der Waals surface area contributed by atoms with Gasteiger partial charge in [0.1, 0.15) is 0 Å². The van der Waals surface area contributed by atoms with Crippen molar-refractivity contribution >= 4 is 40.5 Å². The maximum Gasteiger partial charge on any atom is 0.407 e. The summed E-state index contributed by atoms with van der Waals surface area (Å²) in [5, 5.41) is 15.6. The van der Waals surface area contributed by atoms with Crippen LogP contribution in [0.1, 0.15) is 36.7 Å². The molecule has 0 spiro atoms. The molecular weight excluding hydrogens is 554 g/mol. The van der Waals surface area contributed by atoms with Gasteiger partial charge in [-0.05, 0) is 59.5 Å². The molecule has 1 aliphatic heterocycles. The highest BCUT2D eigenvalue weighted by Crippen LogP contribution is 2.28. The van der Waals surface area contributed by atoms with Crippen LogP contribution < -0.4 is 15.5 Å². The number of aromatic nitrogens is 3. The largest absolute Gasteiger partial charge is 0.465 e. The highest BCUT2D eigenvalue weighted by atomic mass is 16.4. The second kappa shape index (κ2) is 11.7. The number of piperazine rings is 1. The van der Waals surface area contributed by atoms with Crippen LogP contribution in [-0.4, -0.2) is 62.6 Å². The number of carboxylic acid groups (broad SMARTS) is 1. The number of imidazole rings is 1. The molecule has 3 heterocycles. The Morgan fingerprint density at radius 1 is 0.886 bits per heavy atom. The van der Waals surface area contributed by atoms with Crippen LogP contribution in [0.4, 0.5) is 27.7 Å². The second-order valence-electron chi connectivity index (χ2n) is 11.9. The number of hydrogen-bond donors (Lipinski definition) is 3. The molecule has 44 heavy (non-hydrogen) atoms. The van der Waals surface area contributed by atoms with Crippen molar-refractivity contribution in [3.63, 3.8) is 0 Å². The lowest BCUT2D eigenvalue weighted by Gasteiger charge is -2.34. The molecule has 2 amide bonds. The number of rotatable bonds is 6. The van der Waals surface area contributed by atoms with Crippen LogP contribution in [0.2, 0.25) is 0 Å². The first-order chi connectivity index (χ1) is 21.1. The van der Waals surface area contributed by atoms with Crippen molar-refractivity contribution in [1.29, 1.82) is 0 Å². The third-order valence-electron chi connectivity index (χ3n) is 7.85. The molecule has 0 bridgehead atoms. The number of fused-ring (bicyclic) bond motifs is 1. The van der Waals surface area contributed by atoms with Crippen molar-refractivity contribution in [1.82, 2.24) is 19.3 Å². The van der Waals surface area contributed by atoms with Crippen LogP contribution in [0.25, 0.3) is 16.9 Å². The first-order valence-electron chi connectivity index (χ1n) is 14.6. The van der Waals surface area contributed by atoms with Gasteiger partial charge < -0.3 is 29.9 Å². The molecule has 2 aromatic heterocycles. The highest BCUT2D eigenvalue weighted by molar-refractivity contribution is 6.04. The van der Waals surface area contributed by atoms with Gasteiger partial charge in [-0.3, -0.25) is 4.79 Å². The van der Waals surface area contributed by atoms with Gasteiger partial charge in [0, 0.05) is 73.0 Å². The fourth-order valence-electron chi connectivity index (χ4n) is 5.28. The molecule has 10 heteroatoms. The lowest BCUT2D eigenvalue weighted by Crippen LogP contribution is -2.48. The Balaban J connectivity index is 1.19. The van der Waals surface area contributed by atoms with Gasteiger partial charge >= 0.3 is 6.09 Å². The quantitative estimate of drug-likeness (QED) is 0.207. The molecular formula is C34H35N7O3. The Kier molecular flexibility index (Phi) is 7.65.